The summed E-state index contributed by atoms with van der Waals surface area (Å²) in [6, 6.07) is 12.1. The second kappa shape index (κ2) is 10.5. The van der Waals surface area contributed by atoms with E-state index < -0.39 is 15.7 Å². The van der Waals surface area contributed by atoms with Crippen molar-refractivity contribution in [3.63, 3.8) is 0 Å². The van der Waals surface area contributed by atoms with E-state index in [1.165, 1.54) is 4.52 Å². The van der Waals surface area contributed by atoms with Gasteiger partial charge in [0.15, 0.2) is 15.5 Å². The number of hydrogen-bond donors (Lipinski definition) is 2. The molecule has 0 unspecified atom stereocenters. The minimum absolute atomic E-state index is 0.127. The standard InChI is InChI=1S/C27H29N7O4S/c1-17-5-4-12-33(17)16-25(35)29-21-13-23(18(2)28-14-21)30-27(36)26-24-11-8-20(15-34(24)32-31-26)19-6-9-22(10-7-19)39(3,37)38/h6-11,13-15,17H,4-5,12,16H2,1-3H3,(H,29,35)(H,30,36)/t17-/m0/s1. The van der Waals surface area contributed by atoms with Gasteiger partial charge in [-0.05, 0) is 63.1 Å². The number of fused-ring (bicyclic) bond motifs is 1. The predicted octanol–water partition coefficient (Wildman–Crippen LogP) is 3.18. The molecule has 4 heterocycles. The molecule has 0 radical (unpaired) electrons. The molecule has 1 aliphatic rings. The first-order valence-electron chi connectivity index (χ1n) is 12.6. The number of aromatic nitrogens is 4. The molecular weight excluding hydrogens is 518 g/mol. The smallest absolute Gasteiger partial charge is 0.278 e. The van der Waals surface area contributed by atoms with E-state index in [-0.39, 0.29) is 16.5 Å². The summed E-state index contributed by atoms with van der Waals surface area (Å²) >= 11 is 0. The maximum absolute atomic E-state index is 13.1. The lowest BCUT2D eigenvalue weighted by Crippen LogP contribution is -2.35. The molecule has 202 valence electrons. The van der Waals surface area contributed by atoms with Gasteiger partial charge in [-0.2, -0.15) is 0 Å². The van der Waals surface area contributed by atoms with E-state index in [1.807, 2.05) is 6.07 Å². The van der Waals surface area contributed by atoms with Gasteiger partial charge in [-0.1, -0.05) is 23.4 Å². The van der Waals surface area contributed by atoms with Gasteiger partial charge in [-0.25, -0.2) is 12.9 Å². The highest BCUT2D eigenvalue weighted by molar-refractivity contribution is 7.90. The number of amides is 2. The van der Waals surface area contributed by atoms with Crippen LogP contribution >= 0.6 is 0 Å². The van der Waals surface area contributed by atoms with E-state index in [9.17, 15) is 18.0 Å². The molecule has 4 aromatic rings. The molecular formula is C27H29N7O4S. The Morgan fingerprint density at radius 3 is 2.51 bits per heavy atom. The van der Waals surface area contributed by atoms with Crippen LogP contribution in [-0.4, -0.2) is 70.3 Å². The number of nitrogens with zero attached hydrogens (tertiary/aromatic N) is 5. The van der Waals surface area contributed by atoms with Crippen molar-refractivity contribution in [3.05, 3.63) is 66.2 Å². The maximum Gasteiger partial charge on any atom is 0.278 e. The molecule has 1 fully saturated rings. The fourth-order valence-corrected chi connectivity index (χ4v) is 5.27. The Balaban J connectivity index is 1.30. The van der Waals surface area contributed by atoms with E-state index in [1.54, 1.807) is 55.7 Å². The number of carbonyl (C=O) groups is 2. The lowest BCUT2D eigenvalue weighted by Gasteiger charge is -2.20. The van der Waals surface area contributed by atoms with Crippen LogP contribution in [0.3, 0.4) is 0 Å². The van der Waals surface area contributed by atoms with Gasteiger partial charge in [0.05, 0.1) is 40.2 Å². The molecule has 39 heavy (non-hydrogen) atoms. The zero-order valence-electron chi connectivity index (χ0n) is 21.9. The molecule has 1 saturated heterocycles. The quantitative estimate of drug-likeness (QED) is 0.360. The summed E-state index contributed by atoms with van der Waals surface area (Å²) in [4.78, 5) is 32.4. The number of carbonyl (C=O) groups excluding carboxylic acids is 2. The van der Waals surface area contributed by atoms with Crippen LogP contribution in [0.4, 0.5) is 11.4 Å². The zero-order chi connectivity index (χ0) is 27.7. The zero-order valence-corrected chi connectivity index (χ0v) is 22.7. The van der Waals surface area contributed by atoms with Crippen LogP contribution < -0.4 is 10.6 Å². The molecule has 2 amide bonds. The van der Waals surface area contributed by atoms with Gasteiger partial charge in [0.25, 0.3) is 5.91 Å². The van der Waals surface area contributed by atoms with Gasteiger partial charge >= 0.3 is 0 Å². The molecule has 3 aromatic heterocycles. The van der Waals surface area contributed by atoms with Crippen LogP contribution in [0.2, 0.25) is 0 Å². The van der Waals surface area contributed by atoms with Crippen LogP contribution in [0, 0.1) is 6.92 Å². The highest BCUT2D eigenvalue weighted by Gasteiger charge is 2.23. The molecule has 0 spiro atoms. The summed E-state index contributed by atoms with van der Waals surface area (Å²) in [5.74, 6) is -0.590. The SMILES string of the molecule is Cc1ncc(NC(=O)CN2CCC[C@@H]2C)cc1NC(=O)c1nnn2cc(-c3ccc(S(C)(=O)=O)cc3)ccc12. The van der Waals surface area contributed by atoms with Gasteiger partial charge < -0.3 is 10.6 Å². The largest absolute Gasteiger partial charge is 0.324 e. The van der Waals surface area contributed by atoms with Crippen molar-refractivity contribution in [2.45, 2.75) is 37.6 Å². The molecule has 11 nitrogen and oxygen atoms in total. The fourth-order valence-electron chi connectivity index (χ4n) is 4.64. The van der Waals surface area contributed by atoms with Crippen molar-refractivity contribution >= 4 is 38.5 Å². The van der Waals surface area contributed by atoms with Crippen molar-refractivity contribution in [3.8, 4) is 11.1 Å². The number of nitrogens with one attached hydrogen (secondary N) is 2. The van der Waals surface area contributed by atoms with Gasteiger partial charge in [0.1, 0.15) is 0 Å². The molecule has 1 atom stereocenters. The van der Waals surface area contributed by atoms with Gasteiger partial charge in [-0.3, -0.25) is 19.5 Å². The Kier molecular flexibility index (Phi) is 7.15. The van der Waals surface area contributed by atoms with Crippen LogP contribution in [0.5, 0.6) is 0 Å². The van der Waals surface area contributed by atoms with E-state index in [4.69, 9.17) is 0 Å². The minimum atomic E-state index is -3.29. The van der Waals surface area contributed by atoms with E-state index >= 15 is 0 Å². The molecule has 1 aliphatic heterocycles. The molecule has 0 saturated carbocycles. The topological polar surface area (TPSA) is 139 Å². The molecule has 5 rings (SSSR count). The monoisotopic (exact) mass is 547 g/mol. The lowest BCUT2D eigenvalue weighted by atomic mass is 10.1. The van der Waals surface area contributed by atoms with Gasteiger partial charge in [0, 0.05) is 24.1 Å². The first-order chi connectivity index (χ1) is 18.6. The fraction of sp³-hybridized carbons (Fsp3) is 0.296. The summed E-state index contributed by atoms with van der Waals surface area (Å²) in [5, 5.41) is 13.9. The summed E-state index contributed by atoms with van der Waals surface area (Å²) in [7, 11) is -3.29. The summed E-state index contributed by atoms with van der Waals surface area (Å²) < 4.78 is 25.0. The first kappa shape index (κ1) is 26.4. The predicted molar refractivity (Wildman–Crippen MR) is 147 cm³/mol. The molecule has 2 N–H and O–H groups in total. The van der Waals surface area contributed by atoms with E-state index in [0.29, 0.717) is 35.2 Å². The van der Waals surface area contributed by atoms with Crippen molar-refractivity contribution in [1.82, 2.24) is 24.7 Å². The third kappa shape index (κ3) is 5.81. The Hall–Kier alpha value is -4.16. The highest BCUT2D eigenvalue weighted by Crippen LogP contribution is 2.24. The third-order valence-electron chi connectivity index (χ3n) is 6.90. The van der Waals surface area contributed by atoms with E-state index in [0.717, 1.165) is 36.8 Å². The van der Waals surface area contributed by atoms with Crippen LogP contribution in [0.15, 0.2) is 59.8 Å². The number of hydrogen-bond acceptors (Lipinski definition) is 8. The van der Waals surface area contributed by atoms with Crippen LogP contribution in [-0.2, 0) is 14.6 Å². The number of aryl methyl sites for hydroxylation is 1. The Bertz CT molecular complexity index is 1670. The van der Waals surface area contributed by atoms with Gasteiger partial charge in [0.2, 0.25) is 5.91 Å². The average molecular weight is 548 g/mol. The summed E-state index contributed by atoms with van der Waals surface area (Å²) in [6.45, 7) is 5.10. The van der Waals surface area contributed by atoms with Crippen molar-refractivity contribution in [2.24, 2.45) is 0 Å². The number of pyridine rings is 2. The van der Waals surface area contributed by atoms with Crippen molar-refractivity contribution < 1.29 is 18.0 Å². The lowest BCUT2D eigenvalue weighted by molar-refractivity contribution is -0.117. The van der Waals surface area contributed by atoms with Crippen molar-refractivity contribution in [2.75, 3.05) is 30.0 Å². The summed E-state index contributed by atoms with van der Waals surface area (Å²) in [5.41, 5.74) is 3.75. The number of anilines is 2. The minimum Gasteiger partial charge on any atom is -0.324 e. The Morgan fingerprint density at radius 1 is 1.08 bits per heavy atom. The molecule has 0 aliphatic carbocycles. The average Bonchev–Trinajstić information content (AvgIpc) is 3.51. The number of benzene rings is 1. The Morgan fingerprint density at radius 2 is 1.82 bits per heavy atom. The molecule has 0 bridgehead atoms. The Labute approximate surface area is 226 Å². The third-order valence-corrected chi connectivity index (χ3v) is 8.03. The summed E-state index contributed by atoms with van der Waals surface area (Å²) in [6.07, 6.45) is 6.63. The first-order valence-corrected chi connectivity index (χ1v) is 14.4. The normalized spacial score (nSPS) is 15.9. The maximum atomic E-state index is 13.1. The number of sulfone groups is 1. The molecule has 12 heteroatoms. The number of likely N-dealkylation sites (tertiary alicyclic amines) is 1. The highest BCUT2D eigenvalue weighted by atomic mass is 32.2. The van der Waals surface area contributed by atoms with Crippen LogP contribution in [0.25, 0.3) is 16.6 Å². The van der Waals surface area contributed by atoms with Gasteiger partial charge in [-0.15, -0.1) is 5.10 Å². The van der Waals surface area contributed by atoms with Crippen LogP contribution in [0.1, 0.15) is 35.9 Å². The second-order valence-corrected chi connectivity index (χ2v) is 11.8. The molecule has 1 aromatic carbocycles. The van der Waals surface area contributed by atoms with Crippen molar-refractivity contribution in [1.29, 1.82) is 0 Å². The number of rotatable bonds is 7. The second-order valence-electron chi connectivity index (χ2n) is 9.80. The van der Waals surface area contributed by atoms with E-state index in [2.05, 4.69) is 37.8 Å².